The Hall–Kier alpha value is -3.08. The number of carbonyl (C=O) groups is 4. The summed E-state index contributed by atoms with van der Waals surface area (Å²) >= 11 is 0. The molecule has 65 heavy (non-hydrogen) atoms. The number of hydrogen-bond acceptors (Lipinski definition) is 13. The fraction of sp³-hybridized carbons (Fsp3) is 0.765. The monoisotopic (exact) mass is 916 g/mol. The molecule has 1 aliphatic carbocycles. The van der Waals surface area contributed by atoms with Gasteiger partial charge in [-0.2, -0.15) is 0 Å². The first-order valence-corrected chi connectivity index (χ1v) is 24.1. The molecular weight excluding hydrogens is 835 g/mol. The largest absolute Gasteiger partial charge is 0.460 e. The standard InChI is InChI=1S/C51H81NO13/c1-30-16-12-11-13-17-31(2)42(61-8)28-38-21-19-36(7)51(60,65-38)48(57)49(58)52-23-15-14-18-39(52)50(59)64-43(33(4)26-37-20-22-40(53)44(27-37)62-9)29-41(54)32(3)25-35(6)46(56)47(63-10)45(55)34(5)24-30/h11-13,16-17,25,30,32-34,36-40,42-47,53,55-56,60H,14-15,18-24,26-29H2,1-10H3/b13-11+,16-12+,31-17+,35-25+/t30-,32?,33-,34-,36-,37+,38+,39+,40-,42?,43+,44-,45+,46?,47+,51-/m1/s1. The van der Waals surface area contributed by atoms with E-state index in [9.17, 15) is 39.6 Å². The lowest BCUT2D eigenvalue weighted by Crippen LogP contribution is -2.61. The van der Waals surface area contributed by atoms with Crippen molar-refractivity contribution in [1.82, 2.24) is 4.90 Å². The predicted molar refractivity (Wildman–Crippen MR) is 246 cm³/mol. The Kier molecular flexibility index (Phi) is 21.3. The average molecular weight is 916 g/mol. The quantitative estimate of drug-likeness (QED) is 0.138. The lowest BCUT2D eigenvalue weighted by molar-refractivity contribution is -0.265. The number of allylic oxidation sites excluding steroid dienone is 6. The fourth-order valence-corrected chi connectivity index (χ4v) is 10.3. The summed E-state index contributed by atoms with van der Waals surface area (Å²) in [6, 6.07) is -1.13. The predicted octanol–water partition coefficient (Wildman–Crippen LogP) is 5.97. The van der Waals surface area contributed by atoms with Gasteiger partial charge in [0.2, 0.25) is 5.79 Å². The Morgan fingerprint density at radius 2 is 1.57 bits per heavy atom. The second-order valence-corrected chi connectivity index (χ2v) is 19.8. The second kappa shape index (κ2) is 25.3. The van der Waals surface area contributed by atoms with Crippen LogP contribution in [0.15, 0.2) is 47.6 Å². The van der Waals surface area contributed by atoms with Crippen LogP contribution in [-0.2, 0) is 42.9 Å². The maximum atomic E-state index is 14.4. The number of fused-ring (bicyclic) bond motifs is 3. The van der Waals surface area contributed by atoms with Crippen LogP contribution in [0.3, 0.4) is 0 Å². The van der Waals surface area contributed by atoms with E-state index in [-0.39, 0.29) is 54.9 Å². The van der Waals surface area contributed by atoms with Crippen molar-refractivity contribution in [1.29, 1.82) is 0 Å². The summed E-state index contributed by atoms with van der Waals surface area (Å²) in [7, 11) is 4.59. The minimum absolute atomic E-state index is 0.0801. The lowest BCUT2D eigenvalue weighted by Gasteiger charge is -2.42. The molecule has 0 aromatic carbocycles. The molecule has 3 heterocycles. The highest BCUT2D eigenvalue weighted by molar-refractivity contribution is 6.39. The second-order valence-electron chi connectivity index (χ2n) is 19.8. The molecule has 16 atom stereocenters. The third kappa shape index (κ3) is 14.5. The molecule has 4 rings (SSSR count). The number of esters is 1. The van der Waals surface area contributed by atoms with Crippen LogP contribution in [-0.4, -0.2) is 137 Å². The first kappa shape index (κ1) is 54.5. The Morgan fingerprint density at radius 1 is 0.846 bits per heavy atom. The number of ketones is 2. The number of hydrogen-bond donors (Lipinski definition) is 4. The van der Waals surface area contributed by atoms with Gasteiger partial charge in [0.25, 0.3) is 11.7 Å². The van der Waals surface area contributed by atoms with Crippen LogP contribution in [0.4, 0.5) is 0 Å². The highest BCUT2D eigenvalue weighted by atomic mass is 16.6. The zero-order chi connectivity index (χ0) is 48.2. The van der Waals surface area contributed by atoms with E-state index in [0.29, 0.717) is 63.4 Å². The maximum Gasteiger partial charge on any atom is 0.329 e. The molecule has 0 spiro atoms. The minimum Gasteiger partial charge on any atom is -0.460 e. The van der Waals surface area contributed by atoms with Gasteiger partial charge in [0, 0.05) is 52.6 Å². The summed E-state index contributed by atoms with van der Waals surface area (Å²) in [5.41, 5.74) is 1.34. The number of cyclic esters (lactones) is 1. The molecule has 0 radical (unpaired) electrons. The Bertz CT molecular complexity index is 1710. The number of Topliss-reactive ketones (excluding diaryl/α,β-unsaturated/α-hetero) is 2. The Labute approximate surface area is 387 Å². The molecule has 368 valence electrons. The van der Waals surface area contributed by atoms with Gasteiger partial charge in [-0.05, 0) is 113 Å². The van der Waals surface area contributed by atoms with Gasteiger partial charge in [-0.25, -0.2) is 4.79 Å². The van der Waals surface area contributed by atoms with E-state index < -0.39 is 84.1 Å². The zero-order valence-corrected chi connectivity index (χ0v) is 40.7. The molecule has 1 amide bonds. The summed E-state index contributed by atoms with van der Waals surface area (Å²) in [5.74, 6) is -7.35. The van der Waals surface area contributed by atoms with Crippen LogP contribution in [0, 0.1) is 35.5 Å². The van der Waals surface area contributed by atoms with Gasteiger partial charge in [-0.3, -0.25) is 14.4 Å². The molecule has 0 aromatic rings. The van der Waals surface area contributed by atoms with Crippen molar-refractivity contribution < 1.29 is 63.3 Å². The molecule has 1 saturated carbocycles. The molecule has 14 heteroatoms. The van der Waals surface area contributed by atoms with Crippen molar-refractivity contribution in [3.8, 4) is 0 Å². The molecule has 3 aliphatic heterocycles. The third-order valence-electron chi connectivity index (χ3n) is 14.7. The highest BCUT2D eigenvalue weighted by Gasteiger charge is 2.53. The summed E-state index contributed by atoms with van der Waals surface area (Å²) in [4.78, 5) is 58.1. The average Bonchev–Trinajstić information content (AvgIpc) is 3.28. The number of ether oxygens (including phenoxy) is 5. The number of carbonyl (C=O) groups excluding carboxylic acids is 4. The number of aliphatic hydroxyl groups is 4. The molecule has 2 bridgehead atoms. The van der Waals surface area contributed by atoms with Crippen LogP contribution < -0.4 is 0 Å². The van der Waals surface area contributed by atoms with Crippen LogP contribution in [0.1, 0.15) is 126 Å². The summed E-state index contributed by atoms with van der Waals surface area (Å²) < 4.78 is 29.5. The number of rotatable bonds is 6. The van der Waals surface area contributed by atoms with E-state index >= 15 is 0 Å². The Morgan fingerprint density at radius 3 is 2.25 bits per heavy atom. The van der Waals surface area contributed by atoms with E-state index in [4.69, 9.17) is 23.7 Å². The maximum absolute atomic E-state index is 14.4. The van der Waals surface area contributed by atoms with Crippen LogP contribution >= 0.6 is 0 Å². The van der Waals surface area contributed by atoms with Crippen molar-refractivity contribution in [3.05, 3.63) is 47.6 Å². The first-order chi connectivity index (χ1) is 30.7. The van der Waals surface area contributed by atoms with E-state index in [0.717, 1.165) is 12.0 Å². The van der Waals surface area contributed by atoms with Gasteiger partial charge < -0.3 is 49.0 Å². The molecule has 4 aliphatic rings. The highest BCUT2D eigenvalue weighted by Crippen LogP contribution is 2.38. The van der Waals surface area contributed by atoms with Gasteiger partial charge in [-0.1, -0.05) is 71.1 Å². The van der Waals surface area contributed by atoms with Gasteiger partial charge in [-0.15, -0.1) is 0 Å². The molecule has 0 aromatic heterocycles. The van der Waals surface area contributed by atoms with Crippen molar-refractivity contribution in [2.75, 3.05) is 27.9 Å². The normalized spacial score (nSPS) is 41.5. The summed E-state index contributed by atoms with van der Waals surface area (Å²) in [6.07, 6.45) is 10.9. The summed E-state index contributed by atoms with van der Waals surface area (Å²) in [5, 5.41) is 45.3. The fourth-order valence-electron chi connectivity index (χ4n) is 10.3. The Balaban J connectivity index is 1.70. The number of methoxy groups -OCH3 is 3. The van der Waals surface area contributed by atoms with Crippen molar-refractivity contribution in [2.24, 2.45) is 35.5 Å². The summed E-state index contributed by atoms with van der Waals surface area (Å²) in [6.45, 7) is 13.0. The molecule has 4 N–H and O–H groups in total. The van der Waals surface area contributed by atoms with Crippen molar-refractivity contribution in [3.63, 3.8) is 0 Å². The smallest absolute Gasteiger partial charge is 0.329 e. The minimum atomic E-state index is -2.42. The first-order valence-electron chi connectivity index (χ1n) is 24.1. The number of nitrogens with zero attached hydrogens (tertiary/aromatic N) is 1. The number of piperidine rings is 1. The van der Waals surface area contributed by atoms with Crippen LogP contribution in [0.2, 0.25) is 0 Å². The molecule has 2 saturated heterocycles. The van der Waals surface area contributed by atoms with Gasteiger partial charge in [0.15, 0.2) is 0 Å². The van der Waals surface area contributed by atoms with Gasteiger partial charge in [0.1, 0.15) is 30.1 Å². The van der Waals surface area contributed by atoms with Crippen LogP contribution in [0.25, 0.3) is 0 Å². The SMILES string of the molecule is COC1C[C@@H]2CC[C@@H](C)[C@@](O)(O2)C(=O)C(=O)N2CCCC[C@H]2C(=O)O[C@H]([C@H](C)C[C@@H]2CC[C@@H](O)[C@H](OC)C2)CC(=O)C(C)/C=C(\C)C(O)[C@@H](OC)[C@@H](O)[C@H](C)C[C@H](C)/C=C/C=C/C=C/1C. The van der Waals surface area contributed by atoms with Crippen LogP contribution in [0.5, 0.6) is 0 Å². The molecule has 14 nitrogen and oxygen atoms in total. The van der Waals surface area contributed by atoms with E-state index in [1.807, 2.05) is 58.1 Å². The third-order valence-corrected chi connectivity index (χ3v) is 14.7. The van der Waals surface area contributed by atoms with E-state index in [2.05, 4.69) is 0 Å². The van der Waals surface area contributed by atoms with Gasteiger partial charge >= 0.3 is 5.97 Å². The zero-order valence-electron chi connectivity index (χ0n) is 40.7. The van der Waals surface area contributed by atoms with Crippen molar-refractivity contribution in [2.45, 2.75) is 186 Å². The molecule has 3 fully saturated rings. The van der Waals surface area contributed by atoms with E-state index in [1.165, 1.54) is 12.0 Å². The van der Waals surface area contributed by atoms with E-state index in [1.54, 1.807) is 41.1 Å². The topological polar surface area (TPSA) is 199 Å². The molecular formula is C51H81NO13. The number of aliphatic hydroxyl groups excluding tert-OH is 3. The van der Waals surface area contributed by atoms with Gasteiger partial charge in [0.05, 0.1) is 30.5 Å². The number of amides is 1. The van der Waals surface area contributed by atoms with Crippen molar-refractivity contribution >= 4 is 23.4 Å². The lowest BCUT2D eigenvalue weighted by atomic mass is 9.78. The molecule has 3 unspecified atom stereocenters.